The van der Waals surface area contributed by atoms with Gasteiger partial charge in [0.1, 0.15) is 0 Å². The fourth-order valence-electron chi connectivity index (χ4n) is 3.31. The van der Waals surface area contributed by atoms with Crippen LogP contribution in [0.25, 0.3) is 11.1 Å². The highest BCUT2D eigenvalue weighted by atomic mass is 16.5. The van der Waals surface area contributed by atoms with Crippen LogP contribution < -0.4 is 0 Å². The van der Waals surface area contributed by atoms with Crippen LogP contribution in [0.5, 0.6) is 0 Å². The molecule has 0 aliphatic carbocycles. The Hall–Kier alpha value is -2.46. The Morgan fingerprint density at radius 3 is 2.00 bits per heavy atom. The summed E-state index contributed by atoms with van der Waals surface area (Å²) in [6.07, 6.45) is 1.21. The van der Waals surface area contributed by atoms with Gasteiger partial charge in [0.25, 0.3) is 0 Å². The second-order valence-electron chi connectivity index (χ2n) is 8.00. The van der Waals surface area contributed by atoms with Crippen molar-refractivity contribution in [3.05, 3.63) is 60.2 Å². The summed E-state index contributed by atoms with van der Waals surface area (Å²) in [5.74, 6) is -0.188. The van der Waals surface area contributed by atoms with Gasteiger partial charge in [0.05, 0.1) is 18.2 Å². The second-order valence-corrected chi connectivity index (χ2v) is 8.00. The highest BCUT2D eigenvalue weighted by Gasteiger charge is 2.35. The molecule has 1 unspecified atom stereocenters. The molecule has 1 aliphatic heterocycles. The quantitative estimate of drug-likeness (QED) is 0.720. The molecule has 0 saturated carbocycles. The number of carbonyl (C=O) groups excluding carboxylic acids is 2. The minimum Gasteiger partial charge on any atom is -0.374 e. The Labute approximate surface area is 161 Å². The van der Waals surface area contributed by atoms with E-state index in [0.717, 1.165) is 11.1 Å². The molecule has 4 nitrogen and oxygen atoms in total. The van der Waals surface area contributed by atoms with Crippen LogP contribution in [0.15, 0.2) is 54.6 Å². The lowest BCUT2D eigenvalue weighted by molar-refractivity contribution is -0.144. The van der Waals surface area contributed by atoms with Gasteiger partial charge in [-0.15, -0.1) is 0 Å². The largest absolute Gasteiger partial charge is 0.374 e. The summed E-state index contributed by atoms with van der Waals surface area (Å²) < 4.78 is 5.92. The van der Waals surface area contributed by atoms with Gasteiger partial charge in [-0.2, -0.15) is 0 Å². The van der Waals surface area contributed by atoms with Crippen molar-refractivity contribution in [3.63, 3.8) is 0 Å². The molecule has 1 fully saturated rings. The number of imide groups is 1. The normalized spacial score (nSPS) is 16.0. The smallest absolute Gasteiger partial charge is 0.230 e. The van der Waals surface area contributed by atoms with Crippen LogP contribution in [-0.2, 0) is 20.7 Å². The van der Waals surface area contributed by atoms with Crippen LogP contribution in [0.1, 0.15) is 39.2 Å². The van der Waals surface area contributed by atoms with E-state index in [4.69, 9.17) is 4.74 Å². The molecule has 4 heteroatoms. The van der Waals surface area contributed by atoms with E-state index in [0.29, 0.717) is 25.9 Å². The van der Waals surface area contributed by atoms with Crippen molar-refractivity contribution < 1.29 is 14.3 Å². The van der Waals surface area contributed by atoms with Crippen LogP contribution >= 0.6 is 0 Å². The predicted molar refractivity (Wildman–Crippen MR) is 106 cm³/mol. The molecular formula is C23H27NO3. The molecule has 1 saturated heterocycles. The average Bonchev–Trinajstić information content (AvgIpc) is 2.98. The van der Waals surface area contributed by atoms with E-state index >= 15 is 0 Å². The molecule has 1 heterocycles. The summed E-state index contributed by atoms with van der Waals surface area (Å²) >= 11 is 0. The lowest BCUT2D eigenvalue weighted by Crippen LogP contribution is -2.45. The fraction of sp³-hybridized carbons (Fsp3) is 0.391. The zero-order chi connectivity index (χ0) is 19.4. The molecule has 1 atom stereocenters. The van der Waals surface area contributed by atoms with Gasteiger partial charge in [0, 0.05) is 12.8 Å². The van der Waals surface area contributed by atoms with E-state index in [9.17, 15) is 9.59 Å². The van der Waals surface area contributed by atoms with E-state index in [1.54, 1.807) is 0 Å². The molecule has 2 aromatic carbocycles. The third kappa shape index (κ3) is 5.04. The zero-order valence-corrected chi connectivity index (χ0v) is 16.3. The van der Waals surface area contributed by atoms with Crippen LogP contribution in [0.4, 0.5) is 0 Å². The van der Waals surface area contributed by atoms with Crippen LogP contribution in [0.2, 0.25) is 0 Å². The van der Waals surface area contributed by atoms with Gasteiger partial charge < -0.3 is 4.74 Å². The summed E-state index contributed by atoms with van der Waals surface area (Å²) in [6, 6.07) is 18.2. The summed E-state index contributed by atoms with van der Waals surface area (Å²) in [6.45, 7) is 6.28. The number of amides is 2. The van der Waals surface area contributed by atoms with E-state index < -0.39 is 0 Å². The van der Waals surface area contributed by atoms with Gasteiger partial charge in [-0.3, -0.25) is 14.5 Å². The van der Waals surface area contributed by atoms with Crippen molar-refractivity contribution in [2.24, 2.45) is 0 Å². The Balaban J connectivity index is 1.77. The van der Waals surface area contributed by atoms with E-state index in [2.05, 4.69) is 36.4 Å². The van der Waals surface area contributed by atoms with Crippen LogP contribution in [-0.4, -0.2) is 35.0 Å². The third-order valence-electron chi connectivity index (χ3n) is 4.70. The van der Waals surface area contributed by atoms with Gasteiger partial charge >= 0.3 is 0 Å². The number of hydrogen-bond acceptors (Lipinski definition) is 3. The number of likely N-dealkylation sites (tertiary alicyclic amines) is 1. The maximum absolute atomic E-state index is 12.2. The first-order valence-corrected chi connectivity index (χ1v) is 9.47. The zero-order valence-electron chi connectivity index (χ0n) is 16.3. The lowest BCUT2D eigenvalue weighted by atomic mass is 10.00. The lowest BCUT2D eigenvalue weighted by Gasteiger charge is -2.30. The molecule has 0 N–H and O–H groups in total. The molecule has 142 valence electrons. The van der Waals surface area contributed by atoms with Gasteiger partial charge in [0.15, 0.2) is 0 Å². The molecule has 3 rings (SSSR count). The van der Waals surface area contributed by atoms with Crippen molar-refractivity contribution in [2.75, 3.05) is 6.61 Å². The first kappa shape index (κ1) is 19.3. The number of hydrogen-bond donors (Lipinski definition) is 0. The molecule has 0 spiro atoms. The van der Waals surface area contributed by atoms with Crippen LogP contribution in [0.3, 0.4) is 0 Å². The number of nitrogens with zero attached hydrogens (tertiary/aromatic N) is 1. The van der Waals surface area contributed by atoms with Crippen molar-refractivity contribution in [2.45, 2.75) is 51.7 Å². The molecule has 0 radical (unpaired) electrons. The maximum Gasteiger partial charge on any atom is 0.230 e. The standard InChI is InChI=1S/C23H27NO3/c1-23(2,3)27-16-20(24-21(25)13-14-22(24)26)15-17-9-11-19(12-10-17)18-7-5-4-6-8-18/h4-12,20H,13-16H2,1-3H3. The van der Waals surface area contributed by atoms with E-state index in [1.165, 1.54) is 10.5 Å². The van der Waals surface area contributed by atoms with Crippen molar-refractivity contribution in [1.82, 2.24) is 4.90 Å². The Morgan fingerprint density at radius 1 is 0.889 bits per heavy atom. The second kappa shape index (κ2) is 8.05. The van der Waals surface area contributed by atoms with E-state index in [-0.39, 0.29) is 23.5 Å². The number of rotatable bonds is 6. The van der Waals surface area contributed by atoms with Crippen LogP contribution in [0, 0.1) is 0 Å². The van der Waals surface area contributed by atoms with Crippen molar-refractivity contribution in [3.8, 4) is 11.1 Å². The minimum atomic E-state index is -0.318. The Morgan fingerprint density at radius 2 is 1.44 bits per heavy atom. The van der Waals surface area contributed by atoms with Crippen molar-refractivity contribution >= 4 is 11.8 Å². The molecular weight excluding hydrogens is 338 g/mol. The Bertz CT molecular complexity index is 775. The predicted octanol–water partition coefficient (Wildman–Crippen LogP) is 4.23. The molecule has 0 aromatic heterocycles. The third-order valence-corrected chi connectivity index (χ3v) is 4.70. The topological polar surface area (TPSA) is 46.6 Å². The molecule has 1 aliphatic rings. The monoisotopic (exact) mass is 365 g/mol. The summed E-state index contributed by atoms with van der Waals surface area (Å²) in [5.41, 5.74) is 3.09. The van der Waals surface area contributed by atoms with Gasteiger partial charge in [0.2, 0.25) is 11.8 Å². The summed E-state index contributed by atoms with van der Waals surface area (Å²) in [5, 5.41) is 0. The summed E-state index contributed by atoms with van der Waals surface area (Å²) in [4.78, 5) is 25.9. The summed E-state index contributed by atoms with van der Waals surface area (Å²) in [7, 11) is 0. The molecule has 2 amide bonds. The highest BCUT2D eigenvalue weighted by Crippen LogP contribution is 2.23. The molecule has 27 heavy (non-hydrogen) atoms. The van der Waals surface area contributed by atoms with E-state index in [1.807, 2.05) is 39.0 Å². The number of benzene rings is 2. The maximum atomic E-state index is 12.2. The fourth-order valence-corrected chi connectivity index (χ4v) is 3.31. The number of ether oxygens (including phenoxy) is 1. The molecule has 0 bridgehead atoms. The highest BCUT2D eigenvalue weighted by molar-refractivity contribution is 6.02. The van der Waals surface area contributed by atoms with Gasteiger partial charge in [-0.25, -0.2) is 0 Å². The SMILES string of the molecule is CC(C)(C)OCC(Cc1ccc(-c2ccccc2)cc1)N1C(=O)CCC1=O. The Kier molecular flexibility index (Phi) is 5.76. The van der Waals surface area contributed by atoms with Gasteiger partial charge in [-0.1, -0.05) is 54.6 Å². The first-order chi connectivity index (χ1) is 12.8. The first-order valence-electron chi connectivity index (χ1n) is 9.47. The molecule has 2 aromatic rings. The average molecular weight is 365 g/mol. The van der Waals surface area contributed by atoms with Crippen molar-refractivity contribution in [1.29, 1.82) is 0 Å². The number of carbonyl (C=O) groups is 2. The minimum absolute atomic E-state index is 0.0941. The van der Waals surface area contributed by atoms with Gasteiger partial charge in [-0.05, 0) is 43.9 Å².